The second-order valence-corrected chi connectivity index (χ2v) is 10.1. The van der Waals surface area contributed by atoms with E-state index in [-0.39, 0.29) is 30.2 Å². The zero-order valence-corrected chi connectivity index (χ0v) is 20.3. The van der Waals surface area contributed by atoms with Crippen molar-refractivity contribution in [1.29, 1.82) is 0 Å². The van der Waals surface area contributed by atoms with Gasteiger partial charge in [-0.1, -0.05) is 20.8 Å². The maximum atomic E-state index is 14.1. The lowest BCUT2D eigenvalue weighted by Gasteiger charge is -2.39. The maximum absolute atomic E-state index is 14.1. The Kier molecular flexibility index (Phi) is 8.35. The summed E-state index contributed by atoms with van der Waals surface area (Å²) in [5.41, 5.74) is 1.74. The average Bonchev–Trinajstić information content (AvgIpc) is 3.22. The molecule has 4 N–H and O–H groups in total. The minimum atomic E-state index is -4.75. The van der Waals surface area contributed by atoms with Gasteiger partial charge in [0.15, 0.2) is 5.82 Å². The van der Waals surface area contributed by atoms with E-state index < -0.39 is 23.9 Å². The van der Waals surface area contributed by atoms with E-state index in [1.165, 1.54) is 0 Å². The van der Waals surface area contributed by atoms with Crippen LogP contribution in [0.2, 0.25) is 0 Å². The number of aromatic nitrogens is 1. The fourth-order valence-corrected chi connectivity index (χ4v) is 4.97. The largest absolute Gasteiger partial charge is 0.481 e. The molecule has 0 aromatic carbocycles. The zero-order chi connectivity index (χ0) is 25.1. The van der Waals surface area contributed by atoms with Crippen molar-refractivity contribution in [2.24, 2.45) is 10.9 Å². The van der Waals surface area contributed by atoms with Gasteiger partial charge in [-0.05, 0) is 61.1 Å². The third kappa shape index (κ3) is 6.14. The maximum Gasteiger partial charge on any atom is 0.448 e. The average molecular weight is 504 g/mol. The van der Waals surface area contributed by atoms with Crippen LogP contribution in [0.5, 0.6) is 0 Å². The van der Waals surface area contributed by atoms with Crippen LogP contribution in [0.25, 0.3) is 0 Å². The lowest BCUT2D eigenvalue weighted by Crippen LogP contribution is -2.57. The van der Waals surface area contributed by atoms with Crippen LogP contribution in [0.15, 0.2) is 17.3 Å². The van der Waals surface area contributed by atoms with Gasteiger partial charge in [-0.2, -0.15) is 13.2 Å². The Balaban J connectivity index is 2.06. The van der Waals surface area contributed by atoms with Crippen LogP contribution in [-0.4, -0.2) is 57.4 Å². The number of aliphatic imine (C=N–C) groups is 1. The highest BCUT2D eigenvalue weighted by Crippen LogP contribution is 2.41. The van der Waals surface area contributed by atoms with E-state index in [0.29, 0.717) is 43.6 Å². The molecule has 2 aliphatic rings. The van der Waals surface area contributed by atoms with E-state index in [4.69, 9.17) is 0 Å². The summed E-state index contributed by atoms with van der Waals surface area (Å²) in [5.74, 6) is -3.60. The Bertz CT molecular complexity index is 893. The summed E-state index contributed by atoms with van der Waals surface area (Å²) in [7, 11) is 0. The second kappa shape index (κ2) is 10.7. The minimum Gasteiger partial charge on any atom is -0.481 e. The smallest absolute Gasteiger partial charge is 0.448 e. The molecule has 2 unspecified atom stereocenters. The summed E-state index contributed by atoms with van der Waals surface area (Å²) >= 11 is 0.736. The molecule has 2 heterocycles. The van der Waals surface area contributed by atoms with Crippen molar-refractivity contribution in [2.75, 3.05) is 16.8 Å². The number of rotatable bonds is 9. The minimum absolute atomic E-state index is 0.0115. The van der Waals surface area contributed by atoms with E-state index in [2.05, 4.69) is 20.0 Å². The van der Waals surface area contributed by atoms with Crippen LogP contribution in [0.3, 0.4) is 0 Å². The lowest BCUT2D eigenvalue weighted by molar-refractivity contribution is -0.178. The molecule has 1 saturated carbocycles. The Hall–Kier alpha value is -2.05. The Morgan fingerprint density at radius 3 is 2.53 bits per heavy atom. The van der Waals surface area contributed by atoms with Gasteiger partial charge in [0.1, 0.15) is 0 Å². The number of aliphatic hydroxyl groups excluding tert-OH is 1. The highest BCUT2D eigenvalue weighted by Gasteiger charge is 2.58. The number of nitrogens with zero attached hydrogens (tertiary/aromatic N) is 3. The van der Waals surface area contributed by atoms with Crippen LogP contribution in [-0.2, 0) is 4.79 Å². The number of carbonyl (C=O) groups is 1. The third-order valence-corrected chi connectivity index (χ3v) is 6.73. The summed E-state index contributed by atoms with van der Waals surface area (Å²) in [6.07, 6.45) is -1.12. The Morgan fingerprint density at radius 1 is 1.32 bits per heavy atom. The molecular formula is C22H32F3N5O3S. The lowest BCUT2D eigenvalue weighted by atomic mass is 9.91. The molecule has 0 radical (unpaired) electrons. The number of hydrogen-bond donors (Lipinski definition) is 4. The van der Waals surface area contributed by atoms with Gasteiger partial charge in [-0.3, -0.25) is 4.79 Å². The van der Waals surface area contributed by atoms with E-state index in [9.17, 15) is 28.2 Å². The monoisotopic (exact) mass is 503 g/mol. The number of aliphatic hydroxyl groups is 1. The summed E-state index contributed by atoms with van der Waals surface area (Å²) in [5, 5.41) is 21.7. The first kappa shape index (κ1) is 26.6. The Morgan fingerprint density at radius 2 is 2.00 bits per heavy atom. The van der Waals surface area contributed by atoms with Gasteiger partial charge >= 0.3 is 12.1 Å². The predicted octanol–water partition coefficient (Wildman–Crippen LogP) is 4.33. The van der Waals surface area contributed by atoms with Gasteiger partial charge in [0.25, 0.3) is 5.79 Å². The molecule has 0 bridgehead atoms. The van der Waals surface area contributed by atoms with Gasteiger partial charge in [0.2, 0.25) is 0 Å². The van der Waals surface area contributed by atoms with Crippen LogP contribution in [0, 0.1) is 5.92 Å². The van der Waals surface area contributed by atoms with Crippen LogP contribution in [0.1, 0.15) is 64.4 Å². The number of alkyl halides is 3. The predicted molar refractivity (Wildman–Crippen MR) is 127 cm³/mol. The van der Waals surface area contributed by atoms with Crippen molar-refractivity contribution in [1.82, 2.24) is 9.71 Å². The molecule has 0 amide bonds. The van der Waals surface area contributed by atoms with E-state index in [1.807, 2.05) is 18.7 Å². The van der Waals surface area contributed by atoms with Gasteiger partial charge in [-0.15, -0.1) is 0 Å². The van der Waals surface area contributed by atoms with Gasteiger partial charge < -0.3 is 20.4 Å². The SMILES string of the molecule is CC(C)CN(c1ncc(C(C)CC(=O)O)cc1NC1(C(F)(F)F)N=CSN1)C1CCC(O)CC1. The van der Waals surface area contributed by atoms with Crippen LogP contribution >= 0.6 is 11.9 Å². The van der Waals surface area contributed by atoms with Crippen molar-refractivity contribution >= 4 is 35.0 Å². The normalized spacial score (nSPS) is 26.0. The van der Waals surface area contributed by atoms with Crippen molar-refractivity contribution in [3.05, 3.63) is 17.8 Å². The summed E-state index contributed by atoms with van der Waals surface area (Å²) in [6, 6.07) is 1.56. The number of hydrogen-bond acceptors (Lipinski definition) is 8. The third-order valence-electron chi connectivity index (χ3n) is 6.11. The molecule has 1 aliphatic heterocycles. The molecular weight excluding hydrogens is 471 g/mol. The highest BCUT2D eigenvalue weighted by molar-refractivity contribution is 8.10. The van der Waals surface area contributed by atoms with E-state index in [0.717, 1.165) is 17.5 Å². The molecule has 1 aliphatic carbocycles. The molecule has 12 heteroatoms. The van der Waals surface area contributed by atoms with Gasteiger partial charge in [0.05, 0.1) is 23.8 Å². The molecule has 3 rings (SSSR count). The number of halogens is 3. The molecule has 190 valence electrons. The molecule has 8 nitrogen and oxygen atoms in total. The number of anilines is 2. The first-order chi connectivity index (χ1) is 15.9. The molecule has 0 spiro atoms. The van der Waals surface area contributed by atoms with Crippen LogP contribution < -0.4 is 14.9 Å². The van der Waals surface area contributed by atoms with Crippen molar-refractivity contribution < 1.29 is 28.2 Å². The molecule has 0 saturated heterocycles. The number of aliphatic carboxylic acids is 1. The van der Waals surface area contributed by atoms with Crippen molar-refractivity contribution in [3.63, 3.8) is 0 Å². The molecule has 1 aromatic heterocycles. The fraction of sp³-hybridized carbons (Fsp3) is 0.682. The summed E-state index contributed by atoms with van der Waals surface area (Å²) in [6.45, 7) is 6.32. The zero-order valence-electron chi connectivity index (χ0n) is 19.5. The van der Waals surface area contributed by atoms with E-state index in [1.54, 1.807) is 19.2 Å². The van der Waals surface area contributed by atoms with Crippen LogP contribution in [0.4, 0.5) is 24.7 Å². The second-order valence-electron chi connectivity index (χ2n) is 9.43. The van der Waals surface area contributed by atoms with Gasteiger partial charge in [0, 0.05) is 18.8 Å². The molecule has 34 heavy (non-hydrogen) atoms. The first-order valence-corrected chi connectivity index (χ1v) is 12.3. The first-order valence-electron chi connectivity index (χ1n) is 11.4. The molecule has 2 atom stereocenters. The molecule has 1 fully saturated rings. The van der Waals surface area contributed by atoms with E-state index >= 15 is 0 Å². The molecule has 1 aromatic rings. The fourth-order valence-electron chi connectivity index (χ4n) is 4.31. The standard InChI is InChI=1S/C22H32F3N5O3S/c1-13(2)11-30(16-4-6-17(31)7-5-16)20-18(9-15(10-26-20)14(3)8-19(32)33)28-22(21(23,24)25)27-12-34-29-22/h9-10,12-14,16-17,28-29,31H,4-8,11H2,1-3H3,(H,32,33). The number of pyridine rings is 1. The highest BCUT2D eigenvalue weighted by atomic mass is 32.2. The number of carboxylic acids is 1. The number of nitrogens with one attached hydrogen (secondary N) is 2. The summed E-state index contributed by atoms with van der Waals surface area (Å²) < 4.78 is 44.6. The van der Waals surface area contributed by atoms with Crippen molar-refractivity contribution in [3.8, 4) is 0 Å². The summed E-state index contributed by atoms with van der Waals surface area (Å²) in [4.78, 5) is 21.4. The Labute approximate surface area is 201 Å². The van der Waals surface area contributed by atoms with Gasteiger partial charge in [-0.25, -0.2) is 14.7 Å². The quantitative estimate of drug-likeness (QED) is 0.369. The number of carboxylic acid groups (broad SMARTS) is 1. The van der Waals surface area contributed by atoms with Crippen molar-refractivity contribution in [2.45, 2.75) is 82.9 Å². The topological polar surface area (TPSA) is 110 Å².